The molecule has 1 aromatic heterocycles. The summed E-state index contributed by atoms with van der Waals surface area (Å²) in [7, 11) is 1.89. The second kappa shape index (κ2) is 5.65. The highest BCUT2D eigenvalue weighted by Gasteiger charge is 2.06. The van der Waals surface area contributed by atoms with Gasteiger partial charge >= 0.3 is 0 Å². The van der Waals surface area contributed by atoms with Gasteiger partial charge < -0.3 is 5.32 Å². The van der Waals surface area contributed by atoms with E-state index < -0.39 is 0 Å². The largest absolute Gasteiger partial charge is 0.377 e. The van der Waals surface area contributed by atoms with Crippen LogP contribution in [0.3, 0.4) is 0 Å². The van der Waals surface area contributed by atoms with Crippen LogP contribution in [0.25, 0.3) is 0 Å². The summed E-state index contributed by atoms with van der Waals surface area (Å²) in [5.74, 6) is 0.836. The van der Waals surface area contributed by atoms with Crippen LogP contribution in [0.2, 0.25) is 0 Å². The number of nitrogens with zero attached hydrogens (tertiary/aromatic N) is 2. The quantitative estimate of drug-likeness (QED) is 0.874. The minimum atomic E-state index is 0.836. The fraction of sp³-hybridized carbons (Fsp3) is 0.200. The first-order valence-electron chi connectivity index (χ1n) is 4.67. The van der Waals surface area contributed by atoms with Crippen LogP contribution < -0.4 is 5.32 Å². The van der Waals surface area contributed by atoms with E-state index in [2.05, 4.69) is 43.0 Å². The van der Waals surface area contributed by atoms with Crippen molar-refractivity contribution in [1.29, 1.82) is 0 Å². The molecule has 0 spiro atoms. The number of anilines is 1. The second-order valence-corrected chi connectivity index (χ2v) is 5.76. The summed E-state index contributed by atoms with van der Waals surface area (Å²) in [4.78, 5) is 1.23. The van der Waals surface area contributed by atoms with E-state index in [1.54, 1.807) is 11.8 Å². The monoisotopic (exact) mass is 315 g/mol. The van der Waals surface area contributed by atoms with Crippen molar-refractivity contribution in [2.45, 2.75) is 10.6 Å². The average Bonchev–Trinajstić information content (AvgIpc) is 2.74. The van der Waals surface area contributed by atoms with Crippen LogP contribution in [0.5, 0.6) is 0 Å². The normalized spacial score (nSPS) is 10.4. The minimum absolute atomic E-state index is 0.836. The molecule has 0 radical (unpaired) electrons. The van der Waals surface area contributed by atoms with Gasteiger partial charge in [0.25, 0.3) is 0 Å². The van der Waals surface area contributed by atoms with Crippen molar-refractivity contribution in [2.75, 3.05) is 12.4 Å². The second-order valence-electron chi connectivity index (χ2n) is 3.04. The van der Waals surface area contributed by atoms with Crippen molar-refractivity contribution in [1.82, 2.24) is 9.59 Å². The van der Waals surface area contributed by atoms with E-state index in [-0.39, 0.29) is 0 Å². The number of aromatic nitrogens is 2. The third-order valence-corrected chi connectivity index (χ3v) is 4.24. The highest BCUT2D eigenvalue weighted by molar-refractivity contribution is 9.10. The standard InChI is InChI=1S/C10H10BrN3S2/c1-12-10-9(13-14-16-10)6-15-8-4-2-3-7(11)5-8/h2-5,12H,6H2,1H3. The molecular weight excluding hydrogens is 306 g/mol. The predicted molar refractivity (Wildman–Crippen MR) is 73.2 cm³/mol. The zero-order valence-electron chi connectivity index (χ0n) is 8.61. The molecule has 0 unspecified atom stereocenters. The maximum Gasteiger partial charge on any atom is 0.133 e. The van der Waals surface area contributed by atoms with E-state index >= 15 is 0 Å². The highest BCUT2D eigenvalue weighted by atomic mass is 79.9. The summed E-state index contributed by atoms with van der Waals surface area (Å²) in [6.07, 6.45) is 0. The molecule has 0 aliphatic rings. The average molecular weight is 316 g/mol. The summed E-state index contributed by atoms with van der Waals surface area (Å²) < 4.78 is 5.03. The fourth-order valence-electron chi connectivity index (χ4n) is 1.20. The predicted octanol–water partition coefficient (Wildman–Crippen LogP) is 3.63. The number of hydrogen-bond acceptors (Lipinski definition) is 5. The van der Waals surface area contributed by atoms with Gasteiger partial charge in [-0.05, 0) is 18.2 Å². The molecule has 0 atom stereocenters. The summed E-state index contributed by atoms with van der Waals surface area (Å²) in [6, 6.07) is 8.25. The summed E-state index contributed by atoms with van der Waals surface area (Å²) in [5, 5.41) is 8.24. The van der Waals surface area contributed by atoms with Gasteiger partial charge in [0.15, 0.2) is 0 Å². The van der Waals surface area contributed by atoms with Gasteiger partial charge in [0, 0.05) is 33.7 Å². The van der Waals surface area contributed by atoms with Crippen molar-refractivity contribution < 1.29 is 0 Å². The van der Waals surface area contributed by atoms with Crippen LogP contribution in [0.4, 0.5) is 5.00 Å². The lowest BCUT2D eigenvalue weighted by molar-refractivity contribution is 1.07. The number of halogens is 1. The van der Waals surface area contributed by atoms with Crippen LogP contribution >= 0.6 is 39.2 Å². The van der Waals surface area contributed by atoms with Gasteiger partial charge in [0.2, 0.25) is 0 Å². The SMILES string of the molecule is CNc1snnc1CSc1cccc(Br)c1. The van der Waals surface area contributed by atoms with E-state index in [4.69, 9.17) is 0 Å². The van der Waals surface area contributed by atoms with Gasteiger partial charge in [-0.1, -0.05) is 26.5 Å². The number of nitrogens with one attached hydrogen (secondary N) is 1. The van der Waals surface area contributed by atoms with E-state index in [9.17, 15) is 0 Å². The molecule has 0 saturated heterocycles. The van der Waals surface area contributed by atoms with Crippen LogP contribution in [0.1, 0.15) is 5.69 Å². The van der Waals surface area contributed by atoms with Crippen molar-refractivity contribution in [2.24, 2.45) is 0 Å². The van der Waals surface area contributed by atoms with Gasteiger partial charge in [-0.25, -0.2) is 0 Å². The van der Waals surface area contributed by atoms with Crippen LogP contribution in [0.15, 0.2) is 33.6 Å². The van der Waals surface area contributed by atoms with E-state index in [0.717, 1.165) is 20.9 Å². The minimum Gasteiger partial charge on any atom is -0.377 e. The Hall–Kier alpha value is -0.590. The Morgan fingerprint density at radius 2 is 2.38 bits per heavy atom. The Labute approximate surface area is 111 Å². The Morgan fingerprint density at radius 3 is 3.12 bits per heavy atom. The van der Waals surface area contributed by atoms with Gasteiger partial charge in [-0.15, -0.1) is 16.9 Å². The maximum atomic E-state index is 4.10. The third-order valence-electron chi connectivity index (χ3n) is 1.95. The van der Waals surface area contributed by atoms with E-state index in [1.165, 1.54) is 16.4 Å². The molecule has 0 fully saturated rings. The molecule has 1 heterocycles. The van der Waals surface area contributed by atoms with Gasteiger partial charge in [-0.3, -0.25) is 0 Å². The molecule has 0 aliphatic heterocycles. The van der Waals surface area contributed by atoms with E-state index in [0.29, 0.717) is 0 Å². The van der Waals surface area contributed by atoms with Crippen molar-refractivity contribution in [3.05, 3.63) is 34.4 Å². The van der Waals surface area contributed by atoms with Crippen molar-refractivity contribution in [3.63, 3.8) is 0 Å². The summed E-state index contributed by atoms with van der Waals surface area (Å²) >= 11 is 6.61. The van der Waals surface area contributed by atoms with Crippen LogP contribution in [-0.2, 0) is 5.75 Å². The lowest BCUT2D eigenvalue weighted by Crippen LogP contribution is -1.90. The lowest BCUT2D eigenvalue weighted by atomic mass is 10.4. The van der Waals surface area contributed by atoms with Gasteiger partial charge in [0.05, 0.1) is 0 Å². The molecular formula is C10H10BrN3S2. The molecule has 2 aromatic rings. The Balaban J connectivity index is 2.02. The first-order chi connectivity index (χ1) is 7.79. The van der Waals surface area contributed by atoms with Gasteiger partial charge in [0.1, 0.15) is 10.7 Å². The molecule has 0 bridgehead atoms. The Kier molecular flexibility index (Phi) is 4.20. The topological polar surface area (TPSA) is 37.8 Å². The lowest BCUT2D eigenvalue weighted by Gasteiger charge is -2.01. The summed E-state index contributed by atoms with van der Waals surface area (Å²) in [6.45, 7) is 0. The Bertz CT molecular complexity index is 473. The number of rotatable bonds is 4. The molecule has 84 valence electrons. The van der Waals surface area contributed by atoms with Gasteiger partial charge in [-0.2, -0.15) is 0 Å². The molecule has 1 aromatic carbocycles. The van der Waals surface area contributed by atoms with Crippen LogP contribution in [0, 0.1) is 0 Å². The Morgan fingerprint density at radius 1 is 1.50 bits per heavy atom. The maximum absolute atomic E-state index is 4.10. The van der Waals surface area contributed by atoms with Crippen LogP contribution in [-0.4, -0.2) is 16.6 Å². The first-order valence-corrected chi connectivity index (χ1v) is 7.22. The van der Waals surface area contributed by atoms with Crippen molar-refractivity contribution in [3.8, 4) is 0 Å². The molecule has 0 amide bonds. The molecule has 2 rings (SSSR count). The third kappa shape index (κ3) is 2.96. The highest BCUT2D eigenvalue weighted by Crippen LogP contribution is 2.28. The van der Waals surface area contributed by atoms with E-state index in [1.807, 2.05) is 19.2 Å². The summed E-state index contributed by atoms with van der Waals surface area (Å²) in [5.41, 5.74) is 1.01. The fourth-order valence-corrected chi connectivity index (χ4v) is 3.26. The number of benzene rings is 1. The number of hydrogen-bond donors (Lipinski definition) is 1. The number of thioether (sulfide) groups is 1. The zero-order valence-corrected chi connectivity index (χ0v) is 11.8. The molecule has 0 aliphatic carbocycles. The molecule has 1 N–H and O–H groups in total. The molecule has 3 nitrogen and oxygen atoms in total. The molecule has 0 saturated carbocycles. The molecule has 16 heavy (non-hydrogen) atoms. The zero-order chi connectivity index (χ0) is 11.4. The van der Waals surface area contributed by atoms with Crippen molar-refractivity contribution >= 4 is 44.2 Å². The first kappa shape index (κ1) is 11.9. The smallest absolute Gasteiger partial charge is 0.133 e. The molecule has 6 heteroatoms.